The molecular weight excluding hydrogens is 268 g/mol. The highest BCUT2D eigenvalue weighted by molar-refractivity contribution is 9.10. The molecule has 0 aliphatic carbocycles. The van der Waals surface area contributed by atoms with E-state index >= 15 is 0 Å². The van der Waals surface area contributed by atoms with E-state index in [0.29, 0.717) is 6.54 Å². The van der Waals surface area contributed by atoms with E-state index in [0.717, 1.165) is 15.6 Å². The first-order chi connectivity index (χ1) is 7.63. The molecule has 2 rings (SSSR count). The first-order valence-corrected chi connectivity index (χ1v) is 6.00. The summed E-state index contributed by atoms with van der Waals surface area (Å²) in [6.45, 7) is 0.567. The minimum Gasteiger partial charge on any atom is -0.387 e. The minimum atomic E-state index is -0.455. The summed E-state index contributed by atoms with van der Waals surface area (Å²) in [6.07, 6.45) is 1.57. The molecule has 3 nitrogen and oxygen atoms in total. The lowest BCUT2D eigenvalue weighted by Gasteiger charge is -2.10. The molecule has 0 fully saturated rings. The summed E-state index contributed by atoms with van der Waals surface area (Å²) in [5.41, 5.74) is 2.06. The number of fused-ring (bicyclic) bond motifs is 1. The maximum absolute atomic E-state index is 9.89. The smallest absolute Gasteiger partial charge is 0.0915 e. The summed E-state index contributed by atoms with van der Waals surface area (Å²) in [5.74, 6) is 0. The monoisotopic (exact) mass is 282 g/mol. The maximum Gasteiger partial charge on any atom is 0.0915 e. The molecule has 2 N–H and O–H groups in total. The zero-order valence-electron chi connectivity index (χ0n) is 9.37. The van der Waals surface area contributed by atoms with Crippen molar-refractivity contribution in [3.8, 4) is 0 Å². The predicted octanol–water partition coefficient (Wildman–Crippen LogP) is 2.19. The van der Waals surface area contributed by atoms with Crippen LogP contribution in [-0.4, -0.2) is 23.3 Å². The lowest BCUT2D eigenvalue weighted by Crippen LogP contribution is -2.16. The van der Waals surface area contributed by atoms with Crippen molar-refractivity contribution in [1.82, 2.24) is 9.88 Å². The number of aliphatic hydroxyl groups excluding tert-OH is 1. The molecular formula is C12H15BrN2O. The Morgan fingerprint density at radius 1 is 1.50 bits per heavy atom. The molecule has 2 aromatic rings. The van der Waals surface area contributed by atoms with Crippen LogP contribution in [0.4, 0.5) is 0 Å². The summed E-state index contributed by atoms with van der Waals surface area (Å²) in [5, 5.41) is 14.0. The van der Waals surface area contributed by atoms with E-state index in [1.54, 1.807) is 0 Å². The molecule has 0 aliphatic rings. The van der Waals surface area contributed by atoms with Crippen LogP contribution >= 0.6 is 15.9 Å². The molecule has 0 bridgehead atoms. The second-order valence-electron chi connectivity index (χ2n) is 3.94. The van der Waals surface area contributed by atoms with E-state index in [9.17, 15) is 5.11 Å². The Morgan fingerprint density at radius 3 is 2.94 bits per heavy atom. The number of aromatic nitrogens is 1. The first kappa shape index (κ1) is 11.6. The van der Waals surface area contributed by atoms with Crippen LogP contribution in [0.2, 0.25) is 0 Å². The zero-order chi connectivity index (χ0) is 11.7. The van der Waals surface area contributed by atoms with Gasteiger partial charge in [-0.05, 0) is 34.6 Å². The number of nitrogens with one attached hydrogen (secondary N) is 1. The second kappa shape index (κ2) is 4.57. The van der Waals surface area contributed by atoms with Gasteiger partial charge in [-0.2, -0.15) is 0 Å². The average Bonchev–Trinajstić information content (AvgIpc) is 2.55. The van der Waals surface area contributed by atoms with Gasteiger partial charge in [0.05, 0.1) is 6.10 Å². The van der Waals surface area contributed by atoms with Gasteiger partial charge in [-0.25, -0.2) is 0 Å². The number of hydrogen-bond donors (Lipinski definition) is 2. The zero-order valence-corrected chi connectivity index (χ0v) is 11.0. The van der Waals surface area contributed by atoms with Crippen LogP contribution < -0.4 is 5.32 Å². The van der Waals surface area contributed by atoms with Crippen LogP contribution in [-0.2, 0) is 7.05 Å². The van der Waals surface area contributed by atoms with Crippen molar-refractivity contribution < 1.29 is 5.11 Å². The fourth-order valence-corrected chi connectivity index (χ4v) is 2.51. The summed E-state index contributed by atoms with van der Waals surface area (Å²) in [6, 6.07) is 6.03. The number of halogens is 1. The van der Waals surface area contributed by atoms with Crippen LogP contribution in [0, 0.1) is 0 Å². The van der Waals surface area contributed by atoms with E-state index in [-0.39, 0.29) is 0 Å². The fraction of sp³-hybridized carbons (Fsp3) is 0.333. The molecule has 0 radical (unpaired) electrons. The molecule has 0 amide bonds. The third-order valence-corrected chi connectivity index (χ3v) is 3.38. The molecule has 0 spiro atoms. The van der Waals surface area contributed by atoms with Crippen LogP contribution in [0.5, 0.6) is 0 Å². The van der Waals surface area contributed by atoms with Gasteiger partial charge in [-0.1, -0.05) is 12.1 Å². The Hall–Kier alpha value is -0.840. The number of rotatable bonds is 3. The summed E-state index contributed by atoms with van der Waals surface area (Å²) in [7, 11) is 3.84. The number of nitrogens with zero attached hydrogens (tertiary/aromatic N) is 1. The Bertz CT molecular complexity index is 507. The van der Waals surface area contributed by atoms with Gasteiger partial charge in [0.1, 0.15) is 0 Å². The molecule has 0 saturated heterocycles. The molecule has 16 heavy (non-hydrogen) atoms. The van der Waals surface area contributed by atoms with Crippen molar-refractivity contribution in [2.45, 2.75) is 6.10 Å². The Morgan fingerprint density at radius 2 is 2.25 bits per heavy atom. The van der Waals surface area contributed by atoms with Crippen LogP contribution in [0.3, 0.4) is 0 Å². The lowest BCUT2D eigenvalue weighted by molar-refractivity contribution is 0.178. The van der Waals surface area contributed by atoms with Crippen molar-refractivity contribution >= 4 is 26.8 Å². The predicted molar refractivity (Wildman–Crippen MR) is 69.5 cm³/mol. The summed E-state index contributed by atoms with van der Waals surface area (Å²) in [4.78, 5) is 0. The number of benzene rings is 1. The molecule has 0 saturated carbocycles. The van der Waals surface area contributed by atoms with Crippen molar-refractivity contribution in [1.29, 1.82) is 0 Å². The lowest BCUT2D eigenvalue weighted by atomic mass is 10.1. The minimum absolute atomic E-state index is 0.455. The molecule has 86 valence electrons. The van der Waals surface area contributed by atoms with Crippen LogP contribution in [0.15, 0.2) is 28.9 Å². The largest absolute Gasteiger partial charge is 0.387 e. The van der Waals surface area contributed by atoms with Gasteiger partial charge in [0.2, 0.25) is 0 Å². The first-order valence-electron chi connectivity index (χ1n) is 5.20. The van der Waals surface area contributed by atoms with Crippen LogP contribution in [0.25, 0.3) is 10.9 Å². The van der Waals surface area contributed by atoms with Gasteiger partial charge in [-0.15, -0.1) is 0 Å². The standard InChI is InChI=1S/C12H15BrN2O/c1-14-6-12(16)8-3-4-9-10(13)7-15(2)11(9)5-8/h3-5,7,12,14,16H,6H2,1-2H3. The van der Waals surface area contributed by atoms with Gasteiger partial charge in [0.15, 0.2) is 0 Å². The second-order valence-corrected chi connectivity index (χ2v) is 4.79. The van der Waals surface area contributed by atoms with Gasteiger partial charge in [0, 0.05) is 35.2 Å². The van der Waals surface area contributed by atoms with Crippen molar-refractivity contribution in [3.05, 3.63) is 34.4 Å². The number of likely N-dealkylation sites (N-methyl/N-ethyl adjacent to an activating group) is 1. The van der Waals surface area contributed by atoms with Gasteiger partial charge < -0.3 is 15.0 Å². The fourth-order valence-electron chi connectivity index (χ4n) is 1.87. The quantitative estimate of drug-likeness (QED) is 0.906. The van der Waals surface area contributed by atoms with Gasteiger partial charge in [0.25, 0.3) is 0 Å². The highest BCUT2D eigenvalue weighted by Gasteiger charge is 2.10. The normalized spacial score (nSPS) is 13.2. The third-order valence-electron chi connectivity index (χ3n) is 2.75. The Kier molecular flexibility index (Phi) is 3.33. The van der Waals surface area contributed by atoms with E-state index in [2.05, 4.69) is 25.8 Å². The Labute approximate surface area is 103 Å². The summed E-state index contributed by atoms with van der Waals surface area (Å²) < 4.78 is 3.13. The molecule has 1 heterocycles. The maximum atomic E-state index is 9.89. The van der Waals surface area contributed by atoms with E-state index in [1.807, 2.05) is 38.5 Å². The number of aliphatic hydroxyl groups is 1. The third kappa shape index (κ3) is 2.00. The van der Waals surface area contributed by atoms with Crippen molar-refractivity contribution in [3.63, 3.8) is 0 Å². The highest BCUT2D eigenvalue weighted by atomic mass is 79.9. The number of hydrogen-bond acceptors (Lipinski definition) is 2. The van der Waals surface area contributed by atoms with Gasteiger partial charge in [-0.3, -0.25) is 0 Å². The number of aryl methyl sites for hydroxylation is 1. The topological polar surface area (TPSA) is 37.2 Å². The summed E-state index contributed by atoms with van der Waals surface area (Å²) >= 11 is 3.51. The molecule has 4 heteroatoms. The highest BCUT2D eigenvalue weighted by Crippen LogP contribution is 2.27. The molecule has 1 aromatic carbocycles. The Balaban J connectivity index is 2.47. The van der Waals surface area contributed by atoms with E-state index in [1.165, 1.54) is 5.39 Å². The molecule has 1 unspecified atom stereocenters. The SMILES string of the molecule is CNCC(O)c1ccc2c(Br)cn(C)c2c1. The van der Waals surface area contributed by atoms with Crippen molar-refractivity contribution in [2.24, 2.45) is 7.05 Å². The molecule has 1 atom stereocenters. The van der Waals surface area contributed by atoms with Crippen LogP contribution in [0.1, 0.15) is 11.7 Å². The molecule has 1 aromatic heterocycles. The van der Waals surface area contributed by atoms with E-state index < -0.39 is 6.10 Å². The molecule has 0 aliphatic heterocycles. The van der Waals surface area contributed by atoms with Gasteiger partial charge >= 0.3 is 0 Å². The van der Waals surface area contributed by atoms with E-state index in [4.69, 9.17) is 0 Å². The average molecular weight is 283 g/mol. The van der Waals surface area contributed by atoms with Crippen molar-refractivity contribution in [2.75, 3.05) is 13.6 Å².